The molecule has 0 fully saturated rings. The van der Waals surface area contributed by atoms with Gasteiger partial charge >= 0.3 is 0 Å². The minimum atomic E-state index is -0.160. The Bertz CT molecular complexity index is 920. The Kier molecular flexibility index (Phi) is 3.69. The molecule has 0 spiro atoms. The Balaban J connectivity index is 1.84. The lowest BCUT2D eigenvalue weighted by Crippen LogP contribution is -2.11. The zero-order chi connectivity index (χ0) is 15.6. The number of pyridine rings is 1. The Labute approximate surface area is 141 Å². The van der Waals surface area contributed by atoms with Crippen molar-refractivity contribution in [1.29, 1.82) is 0 Å². The topological polar surface area (TPSA) is 58.0 Å². The second-order valence-electron chi connectivity index (χ2n) is 5.01. The van der Waals surface area contributed by atoms with Gasteiger partial charge in [0.25, 0.3) is 0 Å². The highest BCUT2D eigenvalue weighted by Gasteiger charge is 2.21. The van der Waals surface area contributed by atoms with Crippen LogP contribution < -0.4 is 5.32 Å². The molecule has 1 aromatic carbocycles. The fourth-order valence-corrected chi connectivity index (χ4v) is 3.91. The zero-order valence-corrected chi connectivity index (χ0v) is 13.6. The monoisotopic (exact) mass is 339 g/mol. The number of hydrogen-bond acceptors (Lipinski definition) is 6. The fraction of sp³-hybridized carbons (Fsp3) is 0.0588. The maximum Gasteiger partial charge on any atom is 0.183 e. The van der Waals surface area contributed by atoms with E-state index in [1.54, 1.807) is 23.7 Å². The molecule has 0 saturated heterocycles. The van der Waals surface area contributed by atoms with E-state index in [1.165, 1.54) is 11.3 Å². The molecule has 3 heterocycles. The summed E-state index contributed by atoms with van der Waals surface area (Å²) in [6, 6.07) is 11.6. The van der Waals surface area contributed by atoms with E-state index in [-0.39, 0.29) is 11.8 Å². The molecule has 0 radical (unpaired) electrons. The number of hydrogen-bond donors (Lipinski definition) is 2. The van der Waals surface area contributed by atoms with Gasteiger partial charge in [-0.2, -0.15) is 0 Å². The molecule has 114 valence electrons. The molecule has 0 saturated carbocycles. The van der Waals surface area contributed by atoms with Gasteiger partial charge in [-0.15, -0.1) is 22.7 Å². The van der Waals surface area contributed by atoms with Gasteiger partial charge in [0.2, 0.25) is 0 Å². The third-order valence-electron chi connectivity index (χ3n) is 3.62. The summed E-state index contributed by atoms with van der Waals surface area (Å²) in [6.07, 6.45) is 3.46. The molecular weight excluding hydrogens is 326 g/mol. The highest BCUT2D eigenvalue weighted by atomic mass is 32.1. The Morgan fingerprint density at radius 1 is 0.957 bits per heavy atom. The second kappa shape index (κ2) is 5.98. The number of phenols is 1. The molecule has 2 N–H and O–H groups in total. The average molecular weight is 339 g/mol. The van der Waals surface area contributed by atoms with Crippen LogP contribution in [-0.4, -0.2) is 15.1 Å². The molecule has 1 atom stereocenters. The van der Waals surface area contributed by atoms with Gasteiger partial charge in [-0.05, 0) is 17.5 Å². The summed E-state index contributed by atoms with van der Waals surface area (Å²) in [5, 5.41) is 19.8. The van der Waals surface area contributed by atoms with E-state index in [0.717, 1.165) is 21.0 Å². The van der Waals surface area contributed by atoms with Crippen molar-refractivity contribution in [1.82, 2.24) is 9.97 Å². The van der Waals surface area contributed by atoms with E-state index in [2.05, 4.69) is 21.4 Å². The summed E-state index contributed by atoms with van der Waals surface area (Å²) < 4.78 is 0. The van der Waals surface area contributed by atoms with Gasteiger partial charge in [0, 0.05) is 33.6 Å². The van der Waals surface area contributed by atoms with E-state index in [4.69, 9.17) is 0 Å². The molecule has 6 heteroatoms. The summed E-state index contributed by atoms with van der Waals surface area (Å²) >= 11 is 3.18. The molecule has 4 nitrogen and oxygen atoms in total. The van der Waals surface area contributed by atoms with Crippen molar-refractivity contribution < 1.29 is 5.11 Å². The lowest BCUT2D eigenvalue weighted by Gasteiger charge is -2.19. The number of benzene rings is 1. The van der Waals surface area contributed by atoms with Crippen LogP contribution in [0, 0.1) is 0 Å². The highest BCUT2D eigenvalue weighted by Crippen LogP contribution is 2.38. The van der Waals surface area contributed by atoms with Gasteiger partial charge < -0.3 is 10.4 Å². The van der Waals surface area contributed by atoms with Gasteiger partial charge in [0.1, 0.15) is 11.3 Å². The number of phenolic OH excluding ortho intramolecular Hbond substituents is 1. The first-order valence-corrected chi connectivity index (χ1v) is 8.85. The predicted molar refractivity (Wildman–Crippen MR) is 95.3 cm³/mol. The van der Waals surface area contributed by atoms with Crippen molar-refractivity contribution in [3.05, 3.63) is 70.0 Å². The van der Waals surface area contributed by atoms with Crippen LogP contribution >= 0.6 is 22.7 Å². The lowest BCUT2D eigenvalue weighted by molar-refractivity contribution is 0.472. The van der Waals surface area contributed by atoms with Crippen molar-refractivity contribution in [3.63, 3.8) is 0 Å². The summed E-state index contributed by atoms with van der Waals surface area (Å²) in [5.74, 6) is 0.213. The highest BCUT2D eigenvalue weighted by molar-refractivity contribution is 7.13. The van der Waals surface area contributed by atoms with Gasteiger partial charge in [-0.25, -0.2) is 4.98 Å². The first kappa shape index (κ1) is 14.2. The average Bonchev–Trinajstić information content (AvgIpc) is 3.27. The van der Waals surface area contributed by atoms with Crippen LogP contribution in [0.2, 0.25) is 0 Å². The third-order valence-corrected chi connectivity index (χ3v) is 5.26. The molecule has 0 bridgehead atoms. The minimum absolute atomic E-state index is 0.160. The number of aromatic nitrogens is 2. The lowest BCUT2D eigenvalue weighted by atomic mass is 10.0. The van der Waals surface area contributed by atoms with Crippen LogP contribution in [0.5, 0.6) is 5.75 Å². The Hall–Kier alpha value is -2.44. The molecule has 0 aliphatic carbocycles. The number of fused-ring (bicyclic) bond motifs is 1. The van der Waals surface area contributed by atoms with Crippen molar-refractivity contribution in [2.75, 3.05) is 5.32 Å². The molecule has 0 amide bonds. The minimum Gasteiger partial charge on any atom is -0.505 e. The van der Waals surface area contributed by atoms with Crippen molar-refractivity contribution >= 4 is 38.7 Å². The molecule has 0 aliphatic rings. The zero-order valence-electron chi connectivity index (χ0n) is 12.0. The van der Waals surface area contributed by atoms with Crippen LogP contribution in [0.3, 0.4) is 0 Å². The van der Waals surface area contributed by atoms with Crippen molar-refractivity contribution in [3.8, 4) is 5.75 Å². The number of anilines is 1. The normalized spacial score (nSPS) is 12.3. The number of thiazole rings is 1. The van der Waals surface area contributed by atoms with E-state index < -0.39 is 0 Å². The number of rotatable bonds is 4. The molecule has 0 unspecified atom stereocenters. The molecule has 23 heavy (non-hydrogen) atoms. The van der Waals surface area contributed by atoms with Crippen LogP contribution in [0.15, 0.2) is 59.6 Å². The van der Waals surface area contributed by atoms with Crippen LogP contribution in [0.1, 0.15) is 16.5 Å². The van der Waals surface area contributed by atoms with Gasteiger partial charge in [0.05, 0.1) is 6.04 Å². The molecule has 4 rings (SSSR count). The molecule has 0 aliphatic heterocycles. The van der Waals surface area contributed by atoms with E-state index >= 15 is 0 Å². The van der Waals surface area contributed by atoms with Crippen molar-refractivity contribution in [2.45, 2.75) is 6.04 Å². The second-order valence-corrected chi connectivity index (χ2v) is 6.88. The van der Waals surface area contributed by atoms with Crippen LogP contribution in [-0.2, 0) is 0 Å². The van der Waals surface area contributed by atoms with Crippen LogP contribution in [0.4, 0.5) is 5.13 Å². The third kappa shape index (κ3) is 2.67. The number of aromatic hydroxyl groups is 1. The Morgan fingerprint density at radius 2 is 1.91 bits per heavy atom. The first-order chi connectivity index (χ1) is 11.3. The largest absolute Gasteiger partial charge is 0.505 e. The van der Waals surface area contributed by atoms with Crippen LogP contribution in [0.25, 0.3) is 10.9 Å². The van der Waals surface area contributed by atoms with Crippen molar-refractivity contribution in [2.24, 2.45) is 0 Å². The molecular formula is C17H13N3OS2. The van der Waals surface area contributed by atoms with E-state index in [1.807, 2.05) is 41.1 Å². The summed E-state index contributed by atoms with van der Waals surface area (Å²) in [5.41, 5.74) is 1.42. The van der Waals surface area contributed by atoms with E-state index in [9.17, 15) is 5.11 Å². The molecule has 3 aromatic heterocycles. The standard InChI is InChI=1S/C17H13N3OS2/c21-16-12(6-5-11-3-1-7-18-14(11)16)15(13-4-2-9-22-13)20-17-19-8-10-23-17/h1-10,15,21H,(H,19,20)/t15-/m0/s1. The first-order valence-electron chi connectivity index (χ1n) is 7.09. The maximum atomic E-state index is 10.7. The smallest absolute Gasteiger partial charge is 0.183 e. The SMILES string of the molecule is Oc1c([C@H](Nc2nccs2)c2cccs2)ccc2cccnc12. The Morgan fingerprint density at radius 3 is 2.70 bits per heavy atom. The number of nitrogens with one attached hydrogen (secondary N) is 1. The summed E-state index contributed by atoms with van der Waals surface area (Å²) in [4.78, 5) is 9.73. The van der Waals surface area contributed by atoms with Gasteiger partial charge in [-0.1, -0.05) is 24.3 Å². The van der Waals surface area contributed by atoms with Gasteiger partial charge in [-0.3, -0.25) is 4.98 Å². The quantitative estimate of drug-likeness (QED) is 0.568. The summed E-state index contributed by atoms with van der Waals surface area (Å²) in [7, 11) is 0. The fourth-order valence-electron chi connectivity index (χ4n) is 2.55. The number of thiophene rings is 1. The maximum absolute atomic E-state index is 10.7. The van der Waals surface area contributed by atoms with E-state index in [0.29, 0.717) is 5.52 Å². The number of nitrogens with zero attached hydrogens (tertiary/aromatic N) is 2. The molecule has 4 aromatic rings. The summed E-state index contributed by atoms with van der Waals surface area (Å²) in [6.45, 7) is 0. The van der Waals surface area contributed by atoms with Gasteiger partial charge in [0.15, 0.2) is 5.13 Å². The predicted octanol–water partition coefficient (Wildman–Crippen LogP) is 4.66.